The van der Waals surface area contributed by atoms with Gasteiger partial charge < -0.3 is 9.47 Å². The monoisotopic (exact) mass is 370 g/mol. The number of carbonyl (C=O) groups excluding carboxylic acids is 1. The number of benzene rings is 3. The zero-order chi connectivity index (χ0) is 19.3. The van der Waals surface area contributed by atoms with Gasteiger partial charge in [-0.2, -0.15) is 0 Å². The predicted molar refractivity (Wildman–Crippen MR) is 107 cm³/mol. The molecule has 4 aromatic rings. The highest BCUT2D eigenvalue weighted by Gasteiger charge is 2.06. The van der Waals surface area contributed by atoms with Crippen LogP contribution in [0.3, 0.4) is 0 Å². The second kappa shape index (κ2) is 7.88. The lowest BCUT2D eigenvalue weighted by Gasteiger charge is -2.08. The lowest BCUT2D eigenvalue weighted by Crippen LogP contribution is -2.02. The van der Waals surface area contributed by atoms with Crippen LogP contribution in [0.1, 0.15) is 15.9 Å². The number of nitrogens with zero attached hydrogens (tertiary/aromatic N) is 2. The first-order valence-electron chi connectivity index (χ1n) is 8.85. The number of aromatic nitrogens is 2. The van der Waals surface area contributed by atoms with Crippen LogP contribution in [-0.4, -0.2) is 23.0 Å². The average molecular weight is 370 g/mol. The highest BCUT2D eigenvalue weighted by molar-refractivity contribution is 5.89. The number of rotatable bonds is 5. The number of carbonyl (C=O) groups is 1. The molecule has 0 radical (unpaired) electrons. The van der Waals surface area contributed by atoms with E-state index in [9.17, 15) is 4.79 Å². The molecule has 0 saturated heterocycles. The van der Waals surface area contributed by atoms with Crippen molar-refractivity contribution in [1.29, 1.82) is 0 Å². The molecule has 138 valence electrons. The second-order valence-corrected chi connectivity index (χ2v) is 6.25. The SMILES string of the molecule is COC(=O)c1ccc(COc2ccc(-c3cnc4ccccc4n3)cc2)cc1. The molecular weight excluding hydrogens is 352 g/mol. The van der Waals surface area contributed by atoms with Gasteiger partial charge in [0.2, 0.25) is 0 Å². The van der Waals surface area contributed by atoms with Gasteiger partial charge in [-0.05, 0) is 54.1 Å². The zero-order valence-corrected chi connectivity index (χ0v) is 15.3. The Morgan fingerprint density at radius 1 is 0.893 bits per heavy atom. The summed E-state index contributed by atoms with van der Waals surface area (Å²) in [5.74, 6) is 0.411. The molecule has 0 bridgehead atoms. The molecule has 5 heteroatoms. The Balaban J connectivity index is 1.43. The molecule has 5 nitrogen and oxygen atoms in total. The maximum absolute atomic E-state index is 11.5. The highest BCUT2D eigenvalue weighted by atomic mass is 16.5. The van der Waals surface area contributed by atoms with E-state index in [1.165, 1.54) is 7.11 Å². The highest BCUT2D eigenvalue weighted by Crippen LogP contribution is 2.22. The maximum atomic E-state index is 11.5. The van der Waals surface area contributed by atoms with Crippen molar-refractivity contribution in [2.24, 2.45) is 0 Å². The summed E-state index contributed by atoms with van der Waals surface area (Å²) in [6, 6.07) is 22.7. The summed E-state index contributed by atoms with van der Waals surface area (Å²) in [7, 11) is 1.37. The summed E-state index contributed by atoms with van der Waals surface area (Å²) in [6.07, 6.45) is 1.78. The molecule has 0 saturated carbocycles. The summed E-state index contributed by atoms with van der Waals surface area (Å²) in [4.78, 5) is 20.6. The van der Waals surface area contributed by atoms with Crippen molar-refractivity contribution in [3.63, 3.8) is 0 Å². The smallest absolute Gasteiger partial charge is 0.337 e. The quantitative estimate of drug-likeness (QED) is 0.478. The Kier molecular flexibility index (Phi) is 4.97. The van der Waals surface area contributed by atoms with E-state index in [0.717, 1.165) is 33.6 Å². The van der Waals surface area contributed by atoms with E-state index in [1.807, 2.05) is 60.7 Å². The fraction of sp³-hybridized carbons (Fsp3) is 0.0870. The third kappa shape index (κ3) is 3.83. The molecule has 4 rings (SSSR count). The van der Waals surface area contributed by atoms with Crippen LogP contribution in [0.15, 0.2) is 79.0 Å². The third-order valence-electron chi connectivity index (χ3n) is 4.38. The predicted octanol–water partition coefficient (Wildman–Crippen LogP) is 4.66. The van der Waals surface area contributed by atoms with Crippen LogP contribution < -0.4 is 4.74 Å². The second-order valence-electron chi connectivity index (χ2n) is 6.25. The molecule has 0 aliphatic carbocycles. The number of para-hydroxylation sites is 2. The fourth-order valence-corrected chi connectivity index (χ4v) is 2.84. The molecule has 0 atom stereocenters. The fourth-order valence-electron chi connectivity index (χ4n) is 2.84. The Bertz CT molecular complexity index is 1110. The van der Waals surface area contributed by atoms with E-state index < -0.39 is 0 Å². The number of methoxy groups -OCH3 is 1. The van der Waals surface area contributed by atoms with E-state index >= 15 is 0 Å². The minimum Gasteiger partial charge on any atom is -0.489 e. The molecule has 28 heavy (non-hydrogen) atoms. The van der Waals surface area contributed by atoms with E-state index in [2.05, 4.69) is 9.97 Å². The van der Waals surface area contributed by atoms with Gasteiger partial charge >= 0.3 is 5.97 Å². The number of esters is 1. The molecule has 3 aromatic carbocycles. The van der Waals surface area contributed by atoms with Crippen LogP contribution >= 0.6 is 0 Å². The number of hydrogen-bond donors (Lipinski definition) is 0. The molecule has 0 spiro atoms. The van der Waals surface area contributed by atoms with Crippen molar-refractivity contribution in [3.05, 3.63) is 90.1 Å². The van der Waals surface area contributed by atoms with Crippen LogP contribution in [0.5, 0.6) is 5.75 Å². The summed E-state index contributed by atoms with van der Waals surface area (Å²) in [5.41, 5.74) is 5.04. The lowest BCUT2D eigenvalue weighted by atomic mass is 10.1. The van der Waals surface area contributed by atoms with Gasteiger partial charge in [-0.3, -0.25) is 4.98 Å². The molecule has 1 heterocycles. The van der Waals surface area contributed by atoms with Crippen molar-refractivity contribution >= 4 is 17.0 Å². The number of fused-ring (bicyclic) bond motifs is 1. The minimum absolute atomic E-state index is 0.347. The normalized spacial score (nSPS) is 10.6. The van der Waals surface area contributed by atoms with Crippen molar-refractivity contribution in [2.75, 3.05) is 7.11 Å². The van der Waals surface area contributed by atoms with E-state index in [0.29, 0.717) is 12.2 Å². The molecule has 0 aliphatic heterocycles. The molecule has 0 aliphatic rings. The number of ether oxygens (including phenoxy) is 2. The van der Waals surface area contributed by atoms with Gasteiger partial charge in [0, 0.05) is 5.56 Å². The first-order chi connectivity index (χ1) is 13.7. The van der Waals surface area contributed by atoms with Gasteiger partial charge in [-0.25, -0.2) is 9.78 Å². The molecule has 0 unspecified atom stereocenters. The first-order valence-corrected chi connectivity index (χ1v) is 8.85. The summed E-state index contributed by atoms with van der Waals surface area (Å²) in [6.45, 7) is 0.413. The summed E-state index contributed by atoms with van der Waals surface area (Å²) >= 11 is 0. The molecule has 0 amide bonds. The molecule has 0 fully saturated rings. The molecule has 0 N–H and O–H groups in total. The van der Waals surface area contributed by atoms with Crippen LogP contribution in [0, 0.1) is 0 Å². The number of hydrogen-bond acceptors (Lipinski definition) is 5. The van der Waals surface area contributed by atoms with E-state index in [-0.39, 0.29) is 5.97 Å². The van der Waals surface area contributed by atoms with Crippen LogP contribution in [0.25, 0.3) is 22.3 Å². The Labute approximate surface area is 162 Å². The minimum atomic E-state index is -0.347. The Morgan fingerprint density at radius 2 is 1.61 bits per heavy atom. The van der Waals surface area contributed by atoms with Gasteiger partial charge in [0.25, 0.3) is 0 Å². The van der Waals surface area contributed by atoms with E-state index in [1.54, 1.807) is 18.3 Å². The van der Waals surface area contributed by atoms with Crippen molar-refractivity contribution < 1.29 is 14.3 Å². The topological polar surface area (TPSA) is 61.3 Å². The summed E-state index contributed by atoms with van der Waals surface area (Å²) in [5, 5.41) is 0. The van der Waals surface area contributed by atoms with Gasteiger partial charge in [0.05, 0.1) is 35.6 Å². The van der Waals surface area contributed by atoms with Crippen LogP contribution in [0.4, 0.5) is 0 Å². The summed E-state index contributed by atoms with van der Waals surface area (Å²) < 4.78 is 10.5. The lowest BCUT2D eigenvalue weighted by molar-refractivity contribution is 0.0600. The molecular formula is C23H18N2O3. The van der Waals surface area contributed by atoms with E-state index in [4.69, 9.17) is 9.47 Å². The van der Waals surface area contributed by atoms with Gasteiger partial charge in [0.15, 0.2) is 0 Å². The standard InChI is InChI=1S/C23H18N2O3/c1-27-23(26)18-8-6-16(7-9-18)15-28-19-12-10-17(11-13-19)22-14-24-20-4-2-3-5-21(20)25-22/h2-14H,15H2,1H3. The van der Waals surface area contributed by atoms with Gasteiger partial charge in [-0.1, -0.05) is 24.3 Å². The largest absolute Gasteiger partial charge is 0.489 e. The Hall–Kier alpha value is -3.73. The first kappa shape index (κ1) is 17.7. The zero-order valence-electron chi connectivity index (χ0n) is 15.3. The molecule has 1 aromatic heterocycles. The third-order valence-corrected chi connectivity index (χ3v) is 4.38. The average Bonchev–Trinajstić information content (AvgIpc) is 2.77. The Morgan fingerprint density at radius 3 is 2.32 bits per heavy atom. The van der Waals surface area contributed by atoms with Crippen molar-refractivity contribution in [1.82, 2.24) is 9.97 Å². The van der Waals surface area contributed by atoms with Gasteiger partial charge in [-0.15, -0.1) is 0 Å². The van der Waals surface area contributed by atoms with Crippen molar-refractivity contribution in [2.45, 2.75) is 6.61 Å². The van der Waals surface area contributed by atoms with Crippen LogP contribution in [-0.2, 0) is 11.3 Å². The maximum Gasteiger partial charge on any atom is 0.337 e. The van der Waals surface area contributed by atoms with Crippen LogP contribution in [0.2, 0.25) is 0 Å². The van der Waals surface area contributed by atoms with Gasteiger partial charge in [0.1, 0.15) is 12.4 Å². The van der Waals surface area contributed by atoms with Crippen molar-refractivity contribution in [3.8, 4) is 17.0 Å².